The highest BCUT2D eigenvalue weighted by Gasteiger charge is 2.14. The summed E-state index contributed by atoms with van der Waals surface area (Å²) in [5.74, 6) is 2.73. The molecule has 2 heterocycles. The summed E-state index contributed by atoms with van der Waals surface area (Å²) >= 11 is 0. The topological polar surface area (TPSA) is 56.3 Å². The monoisotopic (exact) mass is 292 g/mol. The molecule has 0 aliphatic carbocycles. The van der Waals surface area contributed by atoms with E-state index >= 15 is 0 Å². The van der Waals surface area contributed by atoms with Crippen molar-refractivity contribution in [2.24, 2.45) is 0 Å². The Balaban J connectivity index is 2.03. The second-order valence-electron chi connectivity index (χ2n) is 5.63. The van der Waals surface area contributed by atoms with E-state index in [1.54, 1.807) is 0 Å². The lowest BCUT2D eigenvalue weighted by atomic mass is 10.3. The first-order valence-corrected chi connectivity index (χ1v) is 8.03. The third kappa shape index (κ3) is 5.13. The van der Waals surface area contributed by atoms with Gasteiger partial charge in [-0.05, 0) is 19.9 Å². The van der Waals surface area contributed by atoms with Gasteiger partial charge in [0.2, 0.25) is 0 Å². The molecule has 2 N–H and O–H groups in total. The van der Waals surface area contributed by atoms with E-state index in [0.717, 1.165) is 69.4 Å². The van der Waals surface area contributed by atoms with E-state index in [1.807, 2.05) is 6.07 Å². The van der Waals surface area contributed by atoms with Gasteiger partial charge in [-0.15, -0.1) is 0 Å². The number of hydrogen-bond acceptors (Lipinski definition) is 6. The zero-order valence-electron chi connectivity index (χ0n) is 13.5. The fraction of sp³-hybridized carbons (Fsp3) is 0.733. The van der Waals surface area contributed by atoms with Crippen molar-refractivity contribution in [1.29, 1.82) is 0 Å². The van der Waals surface area contributed by atoms with Crippen molar-refractivity contribution in [2.75, 3.05) is 50.5 Å². The van der Waals surface area contributed by atoms with Gasteiger partial charge in [-0.25, -0.2) is 15.0 Å². The SMILES string of the molecule is CCCNc1cc(NN2CCN(C)CC2)nc(CCC)n1. The van der Waals surface area contributed by atoms with E-state index < -0.39 is 0 Å². The molecule has 6 nitrogen and oxygen atoms in total. The summed E-state index contributed by atoms with van der Waals surface area (Å²) in [5.41, 5.74) is 3.43. The van der Waals surface area contributed by atoms with E-state index in [0.29, 0.717) is 0 Å². The van der Waals surface area contributed by atoms with E-state index in [4.69, 9.17) is 0 Å². The summed E-state index contributed by atoms with van der Waals surface area (Å²) < 4.78 is 0. The third-order valence-electron chi connectivity index (χ3n) is 3.58. The van der Waals surface area contributed by atoms with Crippen molar-refractivity contribution in [3.05, 3.63) is 11.9 Å². The Bertz CT molecular complexity index is 428. The third-order valence-corrected chi connectivity index (χ3v) is 3.58. The van der Waals surface area contributed by atoms with Gasteiger partial charge in [0.15, 0.2) is 0 Å². The highest BCUT2D eigenvalue weighted by molar-refractivity contribution is 5.47. The Kier molecular flexibility index (Phi) is 6.20. The van der Waals surface area contributed by atoms with Crippen LogP contribution in [0.1, 0.15) is 32.5 Å². The van der Waals surface area contributed by atoms with Crippen LogP contribution in [-0.4, -0.2) is 59.6 Å². The molecule has 0 atom stereocenters. The van der Waals surface area contributed by atoms with E-state index in [1.165, 1.54) is 0 Å². The second kappa shape index (κ2) is 8.14. The van der Waals surface area contributed by atoms with Crippen LogP contribution in [0.2, 0.25) is 0 Å². The fourth-order valence-electron chi connectivity index (χ4n) is 2.31. The van der Waals surface area contributed by atoms with Gasteiger partial charge in [-0.1, -0.05) is 13.8 Å². The normalized spacial score (nSPS) is 16.9. The van der Waals surface area contributed by atoms with Crippen LogP contribution in [0.5, 0.6) is 0 Å². The molecule has 1 aromatic heterocycles. The minimum Gasteiger partial charge on any atom is -0.370 e. The first-order valence-electron chi connectivity index (χ1n) is 8.03. The van der Waals surface area contributed by atoms with E-state index in [9.17, 15) is 0 Å². The van der Waals surface area contributed by atoms with Gasteiger partial charge < -0.3 is 15.6 Å². The van der Waals surface area contributed by atoms with Crippen molar-refractivity contribution >= 4 is 11.6 Å². The lowest BCUT2D eigenvalue weighted by Crippen LogP contribution is -2.47. The molecule has 118 valence electrons. The minimum atomic E-state index is 0.900. The fourth-order valence-corrected chi connectivity index (χ4v) is 2.31. The standard InChI is InChI=1S/C15H28N6/c1-4-6-13-17-14(16-7-5-2)12-15(18-13)19-21-10-8-20(3)9-11-21/h12H,4-11H2,1-3H3,(H2,16,17,18,19). The van der Waals surface area contributed by atoms with Crippen LogP contribution in [0.15, 0.2) is 6.07 Å². The van der Waals surface area contributed by atoms with Gasteiger partial charge in [-0.3, -0.25) is 0 Å². The number of aryl methyl sites for hydroxylation is 1. The molecular formula is C15H28N6. The lowest BCUT2D eigenvalue weighted by Gasteiger charge is -2.32. The molecule has 0 unspecified atom stereocenters. The zero-order chi connectivity index (χ0) is 15.1. The molecule has 1 aromatic rings. The van der Waals surface area contributed by atoms with Gasteiger partial charge in [0, 0.05) is 45.2 Å². The molecule has 1 aliphatic rings. The number of hydrogen-bond donors (Lipinski definition) is 2. The highest BCUT2D eigenvalue weighted by atomic mass is 15.5. The van der Waals surface area contributed by atoms with Gasteiger partial charge in [0.25, 0.3) is 0 Å². The van der Waals surface area contributed by atoms with E-state index in [2.05, 4.69) is 51.5 Å². The summed E-state index contributed by atoms with van der Waals surface area (Å²) in [4.78, 5) is 11.5. The maximum Gasteiger partial charge on any atom is 0.146 e. The second-order valence-corrected chi connectivity index (χ2v) is 5.63. The highest BCUT2D eigenvalue weighted by Crippen LogP contribution is 2.14. The van der Waals surface area contributed by atoms with E-state index in [-0.39, 0.29) is 0 Å². The largest absolute Gasteiger partial charge is 0.370 e. The van der Waals surface area contributed by atoms with Crippen LogP contribution in [-0.2, 0) is 6.42 Å². The summed E-state index contributed by atoms with van der Waals surface area (Å²) in [6, 6.07) is 2.01. The van der Waals surface area contributed by atoms with Gasteiger partial charge in [0.05, 0.1) is 0 Å². The predicted molar refractivity (Wildman–Crippen MR) is 87.5 cm³/mol. The Morgan fingerprint density at radius 3 is 2.43 bits per heavy atom. The number of anilines is 2. The maximum atomic E-state index is 4.63. The number of nitrogens with one attached hydrogen (secondary N) is 2. The van der Waals surface area contributed by atoms with Crippen LogP contribution < -0.4 is 10.7 Å². The molecule has 0 amide bonds. The molecule has 0 aromatic carbocycles. The molecule has 1 aliphatic heterocycles. The maximum absolute atomic E-state index is 4.63. The molecule has 0 bridgehead atoms. The first-order chi connectivity index (χ1) is 10.2. The molecule has 6 heteroatoms. The van der Waals surface area contributed by atoms with Crippen LogP contribution in [0, 0.1) is 0 Å². The summed E-state index contributed by atoms with van der Waals surface area (Å²) in [6.07, 6.45) is 3.07. The molecule has 0 saturated carbocycles. The van der Waals surface area contributed by atoms with Crippen LogP contribution in [0.4, 0.5) is 11.6 Å². The Labute approximate surface area is 127 Å². The number of rotatable bonds is 7. The van der Waals surface area contributed by atoms with Crippen molar-refractivity contribution in [3.63, 3.8) is 0 Å². The Hall–Kier alpha value is -1.40. The Morgan fingerprint density at radius 1 is 1.05 bits per heavy atom. The first kappa shape index (κ1) is 16.0. The average molecular weight is 292 g/mol. The molecule has 0 spiro atoms. The van der Waals surface area contributed by atoms with Crippen LogP contribution >= 0.6 is 0 Å². The van der Waals surface area contributed by atoms with Crippen molar-refractivity contribution in [3.8, 4) is 0 Å². The minimum absolute atomic E-state index is 0.900. The molecule has 21 heavy (non-hydrogen) atoms. The zero-order valence-corrected chi connectivity index (χ0v) is 13.5. The van der Waals surface area contributed by atoms with Crippen molar-refractivity contribution in [1.82, 2.24) is 19.9 Å². The predicted octanol–water partition coefficient (Wildman–Crippen LogP) is 1.83. The molecule has 2 rings (SSSR count). The van der Waals surface area contributed by atoms with Gasteiger partial charge >= 0.3 is 0 Å². The van der Waals surface area contributed by atoms with Crippen molar-refractivity contribution in [2.45, 2.75) is 33.1 Å². The summed E-state index contributed by atoms with van der Waals surface area (Å²) in [7, 11) is 2.16. The molecular weight excluding hydrogens is 264 g/mol. The lowest BCUT2D eigenvalue weighted by molar-refractivity contribution is 0.178. The number of nitrogens with zero attached hydrogens (tertiary/aromatic N) is 4. The average Bonchev–Trinajstić information content (AvgIpc) is 2.48. The van der Waals surface area contributed by atoms with Crippen LogP contribution in [0.25, 0.3) is 0 Å². The molecule has 0 radical (unpaired) electrons. The van der Waals surface area contributed by atoms with Gasteiger partial charge in [0.1, 0.15) is 17.5 Å². The Morgan fingerprint density at radius 2 is 1.76 bits per heavy atom. The molecule has 1 fully saturated rings. The number of hydrazine groups is 1. The number of likely N-dealkylation sites (N-methyl/N-ethyl adjacent to an activating group) is 1. The smallest absolute Gasteiger partial charge is 0.146 e. The van der Waals surface area contributed by atoms with Gasteiger partial charge in [-0.2, -0.15) is 0 Å². The summed E-state index contributed by atoms with van der Waals surface area (Å²) in [6.45, 7) is 9.45. The number of piperazine rings is 1. The van der Waals surface area contributed by atoms with Crippen molar-refractivity contribution < 1.29 is 0 Å². The molecule has 1 saturated heterocycles. The summed E-state index contributed by atoms with van der Waals surface area (Å²) in [5, 5.41) is 5.60. The number of aromatic nitrogens is 2. The van der Waals surface area contributed by atoms with Crippen LogP contribution in [0.3, 0.4) is 0 Å². The quantitative estimate of drug-likeness (QED) is 0.799.